The summed E-state index contributed by atoms with van der Waals surface area (Å²) in [6.07, 6.45) is 0.698. The number of benzene rings is 3. The highest BCUT2D eigenvalue weighted by Gasteiger charge is 2.28. The van der Waals surface area contributed by atoms with Gasteiger partial charge in [-0.2, -0.15) is 0 Å². The van der Waals surface area contributed by atoms with E-state index in [-0.39, 0.29) is 10.9 Å². The Kier molecular flexibility index (Phi) is 8.87. The Balaban J connectivity index is 1.92. The number of anilines is 1. The largest absolute Gasteiger partial charge is 0.494 e. The number of nitrogens with zero attached hydrogens (tertiary/aromatic N) is 1. The Morgan fingerprint density at radius 3 is 2.17 bits per heavy atom. The molecule has 0 saturated heterocycles. The van der Waals surface area contributed by atoms with Crippen molar-refractivity contribution in [2.24, 2.45) is 5.92 Å². The number of amides is 1. The minimum Gasteiger partial charge on any atom is -0.494 e. The molecule has 0 saturated carbocycles. The quantitative estimate of drug-likeness (QED) is 0.388. The van der Waals surface area contributed by atoms with Gasteiger partial charge in [0.05, 0.1) is 23.2 Å². The third kappa shape index (κ3) is 7.05. The summed E-state index contributed by atoms with van der Waals surface area (Å²) in [5, 5.41) is 3.00. The Morgan fingerprint density at radius 1 is 0.971 bits per heavy atom. The van der Waals surface area contributed by atoms with Gasteiger partial charge in [-0.1, -0.05) is 44.2 Å². The van der Waals surface area contributed by atoms with Gasteiger partial charge in [-0.25, -0.2) is 12.8 Å². The molecule has 6 nitrogen and oxygen atoms in total. The predicted octanol–water partition coefficient (Wildman–Crippen LogP) is 5.32. The summed E-state index contributed by atoms with van der Waals surface area (Å²) in [5.74, 6) is -0.0978. The van der Waals surface area contributed by atoms with E-state index in [4.69, 9.17) is 4.74 Å². The third-order valence-electron chi connectivity index (χ3n) is 5.37. The van der Waals surface area contributed by atoms with Gasteiger partial charge in [-0.05, 0) is 73.4 Å². The summed E-state index contributed by atoms with van der Waals surface area (Å²) in [7, 11) is -4.15. The molecule has 0 unspecified atom stereocenters. The first-order chi connectivity index (χ1) is 16.7. The molecule has 1 atom stereocenters. The lowest BCUT2D eigenvalue weighted by atomic mass is 9.97. The lowest BCUT2D eigenvalue weighted by Crippen LogP contribution is -2.42. The highest BCUT2D eigenvalue weighted by molar-refractivity contribution is 7.92. The van der Waals surface area contributed by atoms with Crippen LogP contribution < -0.4 is 14.4 Å². The summed E-state index contributed by atoms with van der Waals surface area (Å²) in [5.41, 5.74) is 1.25. The molecule has 8 heteroatoms. The van der Waals surface area contributed by atoms with Crippen LogP contribution in [0.5, 0.6) is 5.75 Å². The van der Waals surface area contributed by atoms with E-state index in [0.717, 1.165) is 22.0 Å². The monoisotopic (exact) mass is 498 g/mol. The number of halogens is 1. The molecule has 0 aliphatic carbocycles. The van der Waals surface area contributed by atoms with E-state index in [1.165, 1.54) is 12.1 Å². The molecule has 0 aromatic heterocycles. The van der Waals surface area contributed by atoms with Crippen LogP contribution in [0.1, 0.15) is 38.8 Å². The Labute approximate surface area is 206 Å². The summed E-state index contributed by atoms with van der Waals surface area (Å²) < 4.78 is 47.0. The van der Waals surface area contributed by atoms with E-state index in [1.807, 2.05) is 37.3 Å². The molecule has 35 heavy (non-hydrogen) atoms. The molecule has 0 aliphatic rings. The van der Waals surface area contributed by atoms with Crippen molar-refractivity contribution in [3.05, 3.63) is 90.2 Å². The van der Waals surface area contributed by atoms with Crippen LogP contribution in [0.4, 0.5) is 10.1 Å². The maximum Gasteiger partial charge on any atom is 0.264 e. The zero-order valence-corrected chi connectivity index (χ0v) is 21.0. The number of carbonyl (C=O) groups is 1. The Hall–Kier alpha value is -3.39. The highest BCUT2D eigenvalue weighted by atomic mass is 32.2. The van der Waals surface area contributed by atoms with Crippen LogP contribution in [0.25, 0.3) is 0 Å². The number of rotatable bonds is 11. The van der Waals surface area contributed by atoms with E-state index < -0.39 is 28.3 Å². The van der Waals surface area contributed by atoms with E-state index in [0.29, 0.717) is 30.4 Å². The number of hydrogen-bond acceptors (Lipinski definition) is 4. The molecular weight excluding hydrogens is 467 g/mol. The molecule has 1 N–H and O–H groups in total. The normalized spacial score (nSPS) is 12.3. The first kappa shape index (κ1) is 26.2. The van der Waals surface area contributed by atoms with E-state index >= 15 is 0 Å². The van der Waals surface area contributed by atoms with Crippen LogP contribution in [0.3, 0.4) is 0 Å². The van der Waals surface area contributed by atoms with Crippen molar-refractivity contribution < 1.29 is 22.3 Å². The Morgan fingerprint density at radius 2 is 1.60 bits per heavy atom. The van der Waals surface area contributed by atoms with Crippen molar-refractivity contribution in [1.82, 2.24) is 5.32 Å². The number of hydrogen-bond donors (Lipinski definition) is 1. The fourth-order valence-electron chi connectivity index (χ4n) is 3.73. The summed E-state index contributed by atoms with van der Waals surface area (Å²) in [4.78, 5) is 13.1. The summed E-state index contributed by atoms with van der Waals surface area (Å²) in [6.45, 7) is 6.01. The van der Waals surface area contributed by atoms with Crippen molar-refractivity contribution in [1.29, 1.82) is 0 Å². The van der Waals surface area contributed by atoms with Gasteiger partial charge < -0.3 is 10.1 Å². The average molecular weight is 499 g/mol. The molecule has 0 heterocycles. The lowest BCUT2D eigenvalue weighted by molar-refractivity contribution is -0.120. The minimum absolute atomic E-state index is 0.109. The number of carbonyl (C=O) groups excluding carboxylic acids is 1. The first-order valence-corrected chi connectivity index (χ1v) is 13.0. The molecule has 0 radical (unpaired) electrons. The highest BCUT2D eigenvalue weighted by Crippen LogP contribution is 2.27. The molecule has 0 bridgehead atoms. The average Bonchev–Trinajstić information content (AvgIpc) is 2.83. The molecule has 0 spiro atoms. The molecule has 3 aromatic rings. The van der Waals surface area contributed by atoms with Crippen LogP contribution in [-0.2, 0) is 14.8 Å². The molecule has 186 valence electrons. The van der Waals surface area contributed by atoms with Crippen LogP contribution >= 0.6 is 0 Å². The van der Waals surface area contributed by atoms with Gasteiger partial charge in [0.1, 0.15) is 18.1 Å². The topological polar surface area (TPSA) is 75.7 Å². The van der Waals surface area contributed by atoms with E-state index in [9.17, 15) is 17.6 Å². The van der Waals surface area contributed by atoms with Crippen molar-refractivity contribution in [2.45, 2.75) is 38.1 Å². The van der Waals surface area contributed by atoms with Gasteiger partial charge in [-0.15, -0.1) is 0 Å². The zero-order chi connectivity index (χ0) is 25.4. The number of nitrogens with one attached hydrogen (secondary N) is 1. The van der Waals surface area contributed by atoms with Crippen LogP contribution in [0.15, 0.2) is 83.8 Å². The molecule has 3 rings (SSSR count). The molecule has 1 amide bonds. The van der Waals surface area contributed by atoms with Crippen molar-refractivity contribution in [2.75, 3.05) is 17.5 Å². The van der Waals surface area contributed by atoms with Gasteiger partial charge in [0.2, 0.25) is 5.91 Å². The second kappa shape index (κ2) is 11.8. The number of ether oxygens (including phenoxy) is 1. The molecule has 0 aliphatic heterocycles. The molecule has 0 fully saturated rings. The van der Waals surface area contributed by atoms with E-state index in [1.54, 1.807) is 24.3 Å². The molecule has 3 aromatic carbocycles. The summed E-state index contributed by atoms with van der Waals surface area (Å²) in [6, 6.07) is 20.3. The van der Waals surface area contributed by atoms with Gasteiger partial charge >= 0.3 is 0 Å². The number of sulfonamides is 1. The van der Waals surface area contributed by atoms with Crippen molar-refractivity contribution >= 4 is 21.6 Å². The van der Waals surface area contributed by atoms with Crippen LogP contribution in [0.2, 0.25) is 0 Å². The van der Waals surface area contributed by atoms with Crippen LogP contribution in [-0.4, -0.2) is 27.5 Å². The standard InChI is InChI=1S/C27H31FN2O4S/c1-4-34-24-14-12-23(13-15-24)30(35(32,33)25-16-10-22(28)11-17-25)19-27(31)29-26(18-20(2)3)21-8-6-5-7-9-21/h5-17,20,26H,4,18-19H2,1-3H3,(H,29,31)/t26-/m1/s1. The van der Waals surface area contributed by atoms with Gasteiger partial charge in [0, 0.05) is 0 Å². The zero-order valence-electron chi connectivity index (χ0n) is 20.1. The fraction of sp³-hybridized carbons (Fsp3) is 0.296. The van der Waals surface area contributed by atoms with E-state index in [2.05, 4.69) is 19.2 Å². The van der Waals surface area contributed by atoms with Gasteiger partial charge in [0.15, 0.2) is 0 Å². The second-order valence-corrected chi connectivity index (χ2v) is 10.4. The SMILES string of the molecule is CCOc1ccc(N(CC(=O)N[C@H](CC(C)C)c2ccccc2)S(=O)(=O)c2ccc(F)cc2)cc1. The smallest absolute Gasteiger partial charge is 0.264 e. The van der Waals surface area contributed by atoms with Crippen molar-refractivity contribution in [3.63, 3.8) is 0 Å². The fourth-order valence-corrected chi connectivity index (χ4v) is 5.15. The van der Waals surface area contributed by atoms with Crippen molar-refractivity contribution in [3.8, 4) is 5.75 Å². The van der Waals surface area contributed by atoms with Crippen LogP contribution in [0, 0.1) is 11.7 Å². The maximum absolute atomic E-state index is 13.5. The Bertz CT molecular complexity index is 1200. The maximum atomic E-state index is 13.5. The van der Waals surface area contributed by atoms with Gasteiger partial charge in [0.25, 0.3) is 10.0 Å². The third-order valence-corrected chi connectivity index (χ3v) is 7.16. The predicted molar refractivity (Wildman–Crippen MR) is 135 cm³/mol. The minimum atomic E-state index is -4.15. The lowest BCUT2D eigenvalue weighted by Gasteiger charge is -2.26. The second-order valence-electron chi connectivity index (χ2n) is 8.55. The summed E-state index contributed by atoms with van der Waals surface area (Å²) >= 11 is 0. The first-order valence-electron chi connectivity index (χ1n) is 11.6. The molecular formula is C27H31FN2O4S. The van der Waals surface area contributed by atoms with Gasteiger partial charge in [-0.3, -0.25) is 9.10 Å².